The Morgan fingerprint density at radius 2 is 0.971 bits per heavy atom. The molecule has 5 heteroatoms. The zero-order chi connectivity index (χ0) is 25.4. The van der Waals surface area contributed by atoms with Crippen LogP contribution < -0.4 is 0 Å². The number of benzene rings is 3. The maximum atomic E-state index is 14.7. The largest absolute Gasteiger partial charge is 0.207 e. The Kier molecular flexibility index (Phi) is 9.88. The van der Waals surface area contributed by atoms with Crippen molar-refractivity contribution < 1.29 is 22.0 Å². The Labute approximate surface area is 205 Å². The van der Waals surface area contributed by atoms with Crippen molar-refractivity contribution in [3.63, 3.8) is 0 Å². The van der Waals surface area contributed by atoms with E-state index in [1.165, 1.54) is 30.3 Å². The Morgan fingerprint density at radius 1 is 0.457 bits per heavy atom. The molecule has 3 rings (SSSR count). The molecule has 0 spiro atoms. The van der Waals surface area contributed by atoms with Crippen molar-refractivity contribution in [3.8, 4) is 0 Å². The first-order valence-corrected chi connectivity index (χ1v) is 12.5. The minimum absolute atomic E-state index is 0.0144. The van der Waals surface area contributed by atoms with Gasteiger partial charge in [-0.2, -0.15) is 0 Å². The van der Waals surface area contributed by atoms with Gasteiger partial charge in [0.15, 0.2) is 0 Å². The number of halogens is 5. The normalized spacial score (nSPS) is 11.3. The second-order valence-corrected chi connectivity index (χ2v) is 9.21. The van der Waals surface area contributed by atoms with Gasteiger partial charge in [-0.05, 0) is 97.5 Å². The van der Waals surface area contributed by atoms with Crippen molar-refractivity contribution in [2.75, 3.05) is 0 Å². The third-order valence-electron chi connectivity index (χ3n) is 6.43. The first-order chi connectivity index (χ1) is 16.8. The summed E-state index contributed by atoms with van der Waals surface area (Å²) in [7, 11) is 0. The van der Waals surface area contributed by atoms with Gasteiger partial charge in [0.25, 0.3) is 0 Å². The Balaban J connectivity index is 1.64. The summed E-state index contributed by atoms with van der Waals surface area (Å²) in [6.45, 7) is 4.05. The van der Waals surface area contributed by atoms with E-state index in [2.05, 4.69) is 0 Å². The van der Waals surface area contributed by atoms with Gasteiger partial charge < -0.3 is 0 Å². The van der Waals surface area contributed by atoms with E-state index < -0.39 is 23.3 Å². The maximum absolute atomic E-state index is 14.7. The van der Waals surface area contributed by atoms with Crippen molar-refractivity contribution in [1.82, 2.24) is 0 Å². The van der Waals surface area contributed by atoms with E-state index in [0.717, 1.165) is 31.2 Å². The molecule has 0 nitrogen and oxygen atoms in total. The summed E-state index contributed by atoms with van der Waals surface area (Å²) in [5, 5.41) is 0. The van der Waals surface area contributed by atoms with Gasteiger partial charge in [0, 0.05) is 11.1 Å². The van der Waals surface area contributed by atoms with Crippen LogP contribution in [0, 0.1) is 29.1 Å². The standard InChI is InChI=1S/C30H33F5/c1-3-5-6-8-24-27(32)18-22(19-28(24)33)11-14-25-29(34)16-21(17-30(25)35)10-13-23-12-9-20(7-4-2)15-26(23)31/h9,12,15-19H,3-8,10-11,13-14H2,1-2H3. The van der Waals surface area contributed by atoms with Gasteiger partial charge in [-0.3, -0.25) is 0 Å². The smallest absolute Gasteiger partial charge is 0.129 e. The van der Waals surface area contributed by atoms with Crippen LogP contribution in [0.15, 0.2) is 42.5 Å². The zero-order valence-electron chi connectivity index (χ0n) is 20.5. The third-order valence-corrected chi connectivity index (χ3v) is 6.43. The third kappa shape index (κ3) is 7.39. The molecular formula is C30H33F5. The first-order valence-electron chi connectivity index (χ1n) is 12.5. The van der Waals surface area contributed by atoms with Crippen molar-refractivity contribution in [2.24, 2.45) is 0 Å². The van der Waals surface area contributed by atoms with E-state index >= 15 is 0 Å². The highest BCUT2D eigenvalue weighted by molar-refractivity contribution is 5.31. The first kappa shape index (κ1) is 26.9. The van der Waals surface area contributed by atoms with Gasteiger partial charge in [-0.25, -0.2) is 22.0 Å². The van der Waals surface area contributed by atoms with Gasteiger partial charge in [0.1, 0.15) is 29.1 Å². The molecule has 0 bridgehead atoms. The summed E-state index contributed by atoms with van der Waals surface area (Å²) in [4.78, 5) is 0. The molecular weight excluding hydrogens is 455 g/mol. The maximum Gasteiger partial charge on any atom is 0.129 e. The molecule has 0 aliphatic carbocycles. The van der Waals surface area contributed by atoms with Crippen LogP contribution in [0.3, 0.4) is 0 Å². The lowest BCUT2D eigenvalue weighted by Crippen LogP contribution is -2.04. The van der Waals surface area contributed by atoms with Crippen LogP contribution in [0.1, 0.15) is 72.9 Å². The summed E-state index contributed by atoms with van der Waals surface area (Å²) in [6.07, 6.45) is 5.37. The molecule has 0 heterocycles. The summed E-state index contributed by atoms with van der Waals surface area (Å²) in [6, 6.07) is 10.2. The van der Waals surface area contributed by atoms with Gasteiger partial charge in [-0.1, -0.05) is 45.2 Å². The average Bonchev–Trinajstić information content (AvgIpc) is 2.80. The van der Waals surface area contributed by atoms with E-state index in [0.29, 0.717) is 42.4 Å². The van der Waals surface area contributed by atoms with Crippen LogP contribution in [0.2, 0.25) is 0 Å². The fraction of sp³-hybridized carbons (Fsp3) is 0.400. The molecule has 0 N–H and O–H groups in total. The second kappa shape index (κ2) is 12.9. The summed E-state index contributed by atoms with van der Waals surface area (Å²) in [5.74, 6) is -2.92. The van der Waals surface area contributed by atoms with Gasteiger partial charge in [0.05, 0.1) is 0 Å². The van der Waals surface area contributed by atoms with Gasteiger partial charge >= 0.3 is 0 Å². The van der Waals surface area contributed by atoms with E-state index in [1.807, 2.05) is 19.9 Å². The average molecular weight is 489 g/mol. The quantitative estimate of drug-likeness (QED) is 0.177. The van der Waals surface area contributed by atoms with Crippen LogP contribution in [0.4, 0.5) is 22.0 Å². The van der Waals surface area contributed by atoms with E-state index in [4.69, 9.17) is 0 Å². The number of hydrogen-bond donors (Lipinski definition) is 0. The Bertz CT molecular complexity index is 1090. The molecule has 0 fully saturated rings. The van der Waals surface area contributed by atoms with Gasteiger partial charge in [0.2, 0.25) is 0 Å². The van der Waals surface area contributed by atoms with Crippen LogP contribution in [-0.2, 0) is 38.5 Å². The predicted octanol–water partition coefficient (Wildman–Crippen LogP) is 8.64. The molecule has 35 heavy (non-hydrogen) atoms. The monoisotopic (exact) mass is 488 g/mol. The zero-order valence-corrected chi connectivity index (χ0v) is 20.5. The van der Waals surface area contributed by atoms with Crippen LogP contribution in [-0.4, -0.2) is 0 Å². The highest BCUT2D eigenvalue weighted by atomic mass is 19.1. The number of unbranched alkanes of at least 4 members (excludes halogenated alkanes) is 2. The lowest BCUT2D eigenvalue weighted by atomic mass is 9.97. The highest BCUT2D eigenvalue weighted by Gasteiger charge is 2.15. The summed E-state index contributed by atoms with van der Waals surface area (Å²) >= 11 is 0. The van der Waals surface area contributed by atoms with Crippen molar-refractivity contribution in [1.29, 1.82) is 0 Å². The van der Waals surface area contributed by atoms with Crippen molar-refractivity contribution in [3.05, 3.63) is 105 Å². The topological polar surface area (TPSA) is 0 Å². The molecule has 0 aliphatic rings. The molecule has 0 radical (unpaired) electrons. The van der Waals surface area contributed by atoms with Crippen molar-refractivity contribution in [2.45, 2.75) is 78.1 Å². The minimum atomic E-state index is -0.698. The Hall–Kier alpha value is -2.69. The van der Waals surface area contributed by atoms with E-state index in [-0.39, 0.29) is 29.8 Å². The summed E-state index contributed by atoms with van der Waals surface area (Å²) in [5.41, 5.74) is 2.20. The van der Waals surface area contributed by atoms with Crippen LogP contribution >= 0.6 is 0 Å². The molecule has 0 aromatic heterocycles. The molecule has 188 valence electrons. The summed E-state index contributed by atoms with van der Waals surface area (Å²) < 4.78 is 72.4. The molecule has 0 unspecified atom stereocenters. The molecule has 0 aliphatic heterocycles. The Morgan fingerprint density at radius 3 is 1.49 bits per heavy atom. The lowest BCUT2D eigenvalue weighted by molar-refractivity contribution is 0.539. The predicted molar refractivity (Wildman–Crippen MR) is 131 cm³/mol. The molecule has 3 aromatic rings. The molecule has 0 atom stereocenters. The van der Waals surface area contributed by atoms with Crippen LogP contribution in [0.5, 0.6) is 0 Å². The minimum Gasteiger partial charge on any atom is -0.207 e. The fourth-order valence-electron chi connectivity index (χ4n) is 4.42. The van der Waals surface area contributed by atoms with Crippen molar-refractivity contribution >= 4 is 0 Å². The molecule has 3 aromatic carbocycles. The second-order valence-electron chi connectivity index (χ2n) is 9.21. The SMILES string of the molecule is CCCCCc1c(F)cc(CCc2c(F)cc(CCc3ccc(CCC)cc3F)cc2F)cc1F. The lowest BCUT2D eigenvalue weighted by Gasteiger charge is -2.11. The molecule has 0 amide bonds. The number of rotatable bonds is 12. The number of hydrogen-bond acceptors (Lipinski definition) is 0. The number of aryl methyl sites for hydroxylation is 4. The fourth-order valence-corrected chi connectivity index (χ4v) is 4.42. The van der Waals surface area contributed by atoms with E-state index in [1.54, 1.807) is 6.07 Å². The molecule has 0 saturated heterocycles. The van der Waals surface area contributed by atoms with Crippen LogP contribution in [0.25, 0.3) is 0 Å². The van der Waals surface area contributed by atoms with Gasteiger partial charge in [-0.15, -0.1) is 0 Å². The highest BCUT2D eigenvalue weighted by Crippen LogP contribution is 2.23. The van der Waals surface area contributed by atoms with E-state index in [9.17, 15) is 22.0 Å². The molecule has 0 saturated carbocycles.